The number of nitrogens with two attached hydrogens (primary N) is 3. The van der Waals surface area contributed by atoms with Crippen LogP contribution in [-0.4, -0.2) is 14.4 Å². The van der Waals surface area contributed by atoms with Gasteiger partial charge in [-0.15, -0.1) is 4.40 Å². The highest BCUT2D eigenvalue weighted by Gasteiger charge is 2.11. The number of sulfonamides is 1. The minimum absolute atomic E-state index is 0.450. The van der Waals surface area contributed by atoms with Gasteiger partial charge in [-0.25, -0.2) is 0 Å². The molecule has 0 saturated heterocycles. The van der Waals surface area contributed by atoms with Crippen LogP contribution < -0.4 is 17.2 Å². The van der Waals surface area contributed by atoms with E-state index >= 15 is 0 Å². The quantitative estimate of drug-likeness (QED) is 0.341. The molecule has 0 aromatic heterocycles. The van der Waals surface area contributed by atoms with Crippen LogP contribution >= 0.6 is 0 Å². The first-order valence-electron chi connectivity index (χ1n) is 5.31. The van der Waals surface area contributed by atoms with Gasteiger partial charge >= 0.3 is 0 Å². The summed E-state index contributed by atoms with van der Waals surface area (Å²) < 4.78 is 56.1. The molecule has 0 radical (unpaired) electrons. The number of anilines is 1. The summed E-state index contributed by atoms with van der Waals surface area (Å²) in [6.45, 7) is 0. The zero-order valence-corrected chi connectivity index (χ0v) is 7.72. The molecule has 0 fully saturated rings. The van der Waals surface area contributed by atoms with Gasteiger partial charge < -0.3 is 17.2 Å². The number of rotatable bonds is 2. The van der Waals surface area contributed by atoms with Gasteiger partial charge in [0, 0.05) is 5.69 Å². The van der Waals surface area contributed by atoms with E-state index in [2.05, 4.69) is 4.40 Å². The van der Waals surface area contributed by atoms with Crippen molar-refractivity contribution in [3.63, 3.8) is 0 Å². The fourth-order valence-corrected chi connectivity index (χ4v) is 1.35. The first kappa shape index (κ1) is 5.86. The maximum absolute atomic E-state index is 11.7. The molecule has 6 nitrogen and oxygen atoms in total. The number of nitrogens with zero attached hydrogens (tertiary/aromatic N) is 1. The Labute approximate surface area is 87.1 Å². The summed E-state index contributed by atoms with van der Waals surface area (Å²) in [5, 5.41) is 0. The second-order valence-corrected chi connectivity index (χ2v) is 3.77. The van der Waals surface area contributed by atoms with Crippen LogP contribution in [0, 0.1) is 0 Å². The zero-order chi connectivity index (χ0) is 14.2. The molecular formula is C7H10N4O2S. The van der Waals surface area contributed by atoms with Gasteiger partial charge in [0.15, 0.2) is 0 Å². The Morgan fingerprint density at radius 1 is 1.29 bits per heavy atom. The summed E-state index contributed by atoms with van der Waals surface area (Å²) in [6.07, 6.45) is 0. The first-order valence-corrected chi connectivity index (χ1v) is 4.75. The average Bonchev–Trinajstić information content (AvgIpc) is 2.21. The fraction of sp³-hybridized carbons (Fsp3) is 0. The molecular weight excluding hydrogens is 204 g/mol. The van der Waals surface area contributed by atoms with Crippen LogP contribution in [0.3, 0.4) is 0 Å². The molecule has 1 aromatic carbocycles. The third kappa shape index (κ3) is 2.36. The Morgan fingerprint density at radius 3 is 2.21 bits per heavy atom. The SMILES string of the molecule is [2H]c1c([2H])c(S(=O)(=O)N=C(N)N)c([2H])c([2H])c1N. The van der Waals surface area contributed by atoms with Crippen molar-refractivity contribution in [2.45, 2.75) is 4.90 Å². The molecule has 0 saturated carbocycles. The number of benzene rings is 1. The summed E-state index contributed by atoms with van der Waals surface area (Å²) >= 11 is 0. The number of hydrogen-bond acceptors (Lipinski definition) is 3. The Kier molecular flexibility index (Phi) is 1.48. The van der Waals surface area contributed by atoms with Crippen molar-refractivity contribution in [3.8, 4) is 0 Å². The standard InChI is InChI=1S/C7H10N4O2S/c8-5-1-3-6(4-2-5)14(12,13)11-7(9)10/h1-4H,8H2,(H4,9,10,11)/i1D,2D,3D,4D. The monoisotopic (exact) mass is 218 g/mol. The molecule has 1 aromatic rings. The van der Waals surface area contributed by atoms with Gasteiger partial charge in [0.05, 0.1) is 10.4 Å². The van der Waals surface area contributed by atoms with E-state index in [9.17, 15) is 8.42 Å². The van der Waals surface area contributed by atoms with E-state index in [0.29, 0.717) is 0 Å². The third-order valence-electron chi connectivity index (χ3n) is 1.10. The van der Waals surface area contributed by atoms with Crippen molar-refractivity contribution < 1.29 is 13.9 Å². The second-order valence-electron chi connectivity index (χ2n) is 2.23. The molecule has 0 amide bonds. The number of guanidine groups is 1. The van der Waals surface area contributed by atoms with E-state index in [0.717, 1.165) is 0 Å². The largest absolute Gasteiger partial charge is 0.399 e. The predicted octanol–water partition coefficient (Wildman–Crippen LogP) is -0.769. The molecule has 6 N–H and O–H groups in total. The van der Waals surface area contributed by atoms with Gasteiger partial charge in [0.1, 0.15) is 0 Å². The van der Waals surface area contributed by atoms with Crippen LogP contribution in [0.15, 0.2) is 33.5 Å². The van der Waals surface area contributed by atoms with E-state index in [-0.39, 0.29) is 0 Å². The van der Waals surface area contributed by atoms with E-state index in [1.54, 1.807) is 0 Å². The van der Waals surface area contributed by atoms with Crippen molar-refractivity contribution in [2.75, 3.05) is 5.73 Å². The predicted molar refractivity (Wildman–Crippen MR) is 53.8 cm³/mol. The molecule has 0 heterocycles. The molecule has 14 heavy (non-hydrogen) atoms. The van der Waals surface area contributed by atoms with Crippen LogP contribution in [-0.2, 0) is 10.0 Å². The second kappa shape index (κ2) is 3.54. The van der Waals surface area contributed by atoms with Gasteiger partial charge in [0.2, 0.25) is 5.96 Å². The van der Waals surface area contributed by atoms with Crippen LogP contribution in [0.25, 0.3) is 0 Å². The van der Waals surface area contributed by atoms with Gasteiger partial charge in [-0.05, 0) is 24.2 Å². The lowest BCUT2D eigenvalue weighted by atomic mass is 10.3. The van der Waals surface area contributed by atoms with Crippen LogP contribution in [0.1, 0.15) is 5.48 Å². The van der Waals surface area contributed by atoms with Gasteiger partial charge in [-0.1, -0.05) is 0 Å². The van der Waals surface area contributed by atoms with Crippen molar-refractivity contribution >= 4 is 21.7 Å². The molecule has 0 aliphatic rings. The van der Waals surface area contributed by atoms with Gasteiger partial charge in [0.25, 0.3) is 10.0 Å². The maximum atomic E-state index is 11.7. The molecule has 0 aliphatic heterocycles. The minimum Gasteiger partial charge on any atom is -0.399 e. The van der Waals surface area contributed by atoms with Crippen molar-refractivity contribution in [2.24, 2.45) is 15.9 Å². The molecule has 0 aliphatic carbocycles. The van der Waals surface area contributed by atoms with Gasteiger partial charge in [-0.3, -0.25) is 0 Å². The minimum atomic E-state index is -4.52. The third-order valence-corrected chi connectivity index (χ3v) is 2.28. The van der Waals surface area contributed by atoms with E-state index in [1.165, 1.54) is 0 Å². The lowest BCUT2D eigenvalue weighted by molar-refractivity contribution is 0.598. The molecule has 0 unspecified atom stereocenters. The fourth-order valence-electron chi connectivity index (χ4n) is 0.624. The highest BCUT2D eigenvalue weighted by atomic mass is 32.2. The summed E-state index contributed by atoms with van der Waals surface area (Å²) in [7, 11) is -4.52. The summed E-state index contributed by atoms with van der Waals surface area (Å²) in [4.78, 5) is -0.917. The van der Waals surface area contributed by atoms with E-state index < -0.39 is 50.7 Å². The average molecular weight is 218 g/mol. The summed E-state index contributed by atoms with van der Waals surface area (Å²) in [5.74, 6) is -0.774. The van der Waals surface area contributed by atoms with Crippen molar-refractivity contribution in [1.82, 2.24) is 0 Å². The van der Waals surface area contributed by atoms with E-state index in [1.807, 2.05) is 0 Å². The van der Waals surface area contributed by atoms with Gasteiger partial charge in [-0.2, -0.15) is 8.42 Å². The highest BCUT2D eigenvalue weighted by molar-refractivity contribution is 7.90. The molecule has 76 valence electrons. The van der Waals surface area contributed by atoms with Crippen molar-refractivity contribution in [3.05, 3.63) is 24.2 Å². The van der Waals surface area contributed by atoms with Crippen LogP contribution in [0.5, 0.6) is 0 Å². The lowest BCUT2D eigenvalue weighted by Gasteiger charge is -1.99. The Hall–Kier alpha value is -1.76. The molecule has 7 heteroatoms. The van der Waals surface area contributed by atoms with Crippen molar-refractivity contribution in [1.29, 1.82) is 0 Å². The maximum Gasteiger partial charge on any atom is 0.285 e. The smallest absolute Gasteiger partial charge is 0.285 e. The first-order chi connectivity index (χ1) is 8.09. The highest BCUT2D eigenvalue weighted by Crippen LogP contribution is 2.13. The molecule has 0 bridgehead atoms. The Morgan fingerprint density at radius 2 is 1.79 bits per heavy atom. The number of nitrogen functional groups attached to an aromatic ring is 1. The zero-order valence-electron chi connectivity index (χ0n) is 10.9. The molecule has 0 spiro atoms. The van der Waals surface area contributed by atoms with Crippen LogP contribution in [0.4, 0.5) is 5.69 Å². The molecule has 0 atom stereocenters. The Bertz CT molecular complexity index is 610. The van der Waals surface area contributed by atoms with E-state index in [4.69, 9.17) is 22.7 Å². The lowest BCUT2D eigenvalue weighted by Crippen LogP contribution is -2.24. The number of hydrogen-bond donors (Lipinski definition) is 3. The summed E-state index contributed by atoms with van der Waals surface area (Å²) in [6, 6.07) is -2.97. The van der Waals surface area contributed by atoms with Crippen LogP contribution in [0.2, 0.25) is 0 Å². The topological polar surface area (TPSA) is 125 Å². The molecule has 1 rings (SSSR count). The normalized spacial score (nSPS) is 14.9. The summed E-state index contributed by atoms with van der Waals surface area (Å²) in [5.41, 5.74) is 14.7. The Balaban J connectivity index is 3.78.